The number of benzene rings is 1. The lowest BCUT2D eigenvalue weighted by Gasteiger charge is -2.37. The van der Waals surface area contributed by atoms with Gasteiger partial charge in [0, 0.05) is 31.5 Å². The summed E-state index contributed by atoms with van der Waals surface area (Å²) in [6, 6.07) is 7.44. The second kappa shape index (κ2) is 6.89. The molecule has 5 nitrogen and oxygen atoms in total. The van der Waals surface area contributed by atoms with Gasteiger partial charge in [-0.15, -0.1) is 0 Å². The molecular weight excluding hydrogens is 294 g/mol. The van der Waals surface area contributed by atoms with Gasteiger partial charge < -0.3 is 19.1 Å². The smallest absolute Gasteiger partial charge is 0.253 e. The van der Waals surface area contributed by atoms with Crippen LogP contribution in [0, 0.1) is 5.92 Å². The fourth-order valence-corrected chi connectivity index (χ4v) is 3.00. The summed E-state index contributed by atoms with van der Waals surface area (Å²) < 4.78 is 17.1. The summed E-state index contributed by atoms with van der Waals surface area (Å²) in [6.45, 7) is 7.49. The van der Waals surface area contributed by atoms with Crippen molar-refractivity contribution >= 4 is 5.91 Å². The van der Waals surface area contributed by atoms with E-state index >= 15 is 0 Å². The Labute approximate surface area is 137 Å². The molecule has 5 heteroatoms. The summed E-state index contributed by atoms with van der Waals surface area (Å²) in [5.74, 6) is 0.811. The molecule has 2 saturated heterocycles. The molecule has 0 aliphatic carbocycles. The average molecular weight is 319 g/mol. The van der Waals surface area contributed by atoms with Crippen LogP contribution in [0.15, 0.2) is 24.3 Å². The lowest BCUT2D eigenvalue weighted by atomic mass is 10.0. The topological polar surface area (TPSA) is 48.0 Å². The minimum atomic E-state index is -0.445. The van der Waals surface area contributed by atoms with E-state index in [1.54, 1.807) is 0 Å². The molecule has 0 atom stereocenters. The Morgan fingerprint density at radius 1 is 1.26 bits per heavy atom. The minimum absolute atomic E-state index is 0.0489. The molecule has 0 N–H and O–H groups in total. The summed E-state index contributed by atoms with van der Waals surface area (Å²) in [6.07, 6.45) is 1.48. The molecule has 1 aromatic carbocycles. The molecule has 0 aromatic heterocycles. The van der Waals surface area contributed by atoms with Crippen molar-refractivity contribution in [2.45, 2.75) is 32.5 Å². The molecule has 0 unspecified atom stereocenters. The Bertz CT molecular complexity index is 542. The van der Waals surface area contributed by atoms with E-state index in [0.717, 1.165) is 18.6 Å². The molecule has 1 spiro atoms. The first-order valence-corrected chi connectivity index (χ1v) is 8.38. The maximum Gasteiger partial charge on any atom is 0.253 e. The number of hydrogen-bond donors (Lipinski definition) is 0. The normalized spacial score (nSPS) is 20.2. The summed E-state index contributed by atoms with van der Waals surface area (Å²) in [7, 11) is 0. The number of hydrogen-bond acceptors (Lipinski definition) is 4. The van der Waals surface area contributed by atoms with E-state index in [9.17, 15) is 4.79 Å². The maximum atomic E-state index is 12.7. The van der Waals surface area contributed by atoms with Crippen molar-refractivity contribution in [2.24, 2.45) is 5.92 Å². The molecule has 2 fully saturated rings. The Balaban J connectivity index is 1.61. The first kappa shape index (κ1) is 16.3. The van der Waals surface area contributed by atoms with Gasteiger partial charge in [0.15, 0.2) is 5.79 Å². The van der Waals surface area contributed by atoms with Crippen LogP contribution in [0.3, 0.4) is 0 Å². The quantitative estimate of drug-likeness (QED) is 0.856. The molecule has 2 heterocycles. The zero-order valence-corrected chi connectivity index (χ0v) is 13.9. The third kappa shape index (κ3) is 3.85. The van der Waals surface area contributed by atoms with Crippen LogP contribution in [0.4, 0.5) is 0 Å². The highest BCUT2D eigenvalue weighted by molar-refractivity contribution is 5.94. The van der Waals surface area contributed by atoms with Crippen molar-refractivity contribution in [2.75, 3.05) is 32.9 Å². The molecule has 2 aliphatic heterocycles. The van der Waals surface area contributed by atoms with E-state index in [2.05, 4.69) is 13.8 Å². The first-order valence-electron chi connectivity index (χ1n) is 8.38. The molecule has 23 heavy (non-hydrogen) atoms. The van der Waals surface area contributed by atoms with Gasteiger partial charge in [0.05, 0.1) is 19.8 Å². The number of amides is 1. The summed E-state index contributed by atoms with van der Waals surface area (Å²) >= 11 is 0. The minimum Gasteiger partial charge on any atom is -0.493 e. The predicted molar refractivity (Wildman–Crippen MR) is 86.5 cm³/mol. The number of piperidine rings is 1. The standard InChI is InChI=1S/C18H25NO4/c1-14(2)13-21-16-5-3-4-15(12-16)17(20)19-8-6-18(7-9-19)22-10-11-23-18/h3-5,12,14H,6-11,13H2,1-2H3. The van der Waals surface area contributed by atoms with Gasteiger partial charge in [-0.25, -0.2) is 0 Å². The second-order valence-electron chi connectivity index (χ2n) is 6.63. The van der Waals surface area contributed by atoms with Crippen molar-refractivity contribution in [1.29, 1.82) is 0 Å². The molecule has 0 bridgehead atoms. The maximum absolute atomic E-state index is 12.7. The van der Waals surface area contributed by atoms with E-state index < -0.39 is 5.79 Å². The van der Waals surface area contributed by atoms with Gasteiger partial charge in [0.1, 0.15) is 5.75 Å². The number of carbonyl (C=O) groups is 1. The molecule has 1 amide bonds. The number of rotatable bonds is 4. The monoisotopic (exact) mass is 319 g/mol. The van der Waals surface area contributed by atoms with Gasteiger partial charge in [0.25, 0.3) is 5.91 Å². The van der Waals surface area contributed by atoms with Crippen LogP contribution >= 0.6 is 0 Å². The summed E-state index contributed by atoms with van der Waals surface area (Å²) in [4.78, 5) is 14.6. The lowest BCUT2D eigenvalue weighted by Crippen LogP contribution is -2.47. The van der Waals surface area contributed by atoms with E-state index in [1.165, 1.54) is 0 Å². The molecule has 2 aliphatic rings. The van der Waals surface area contributed by atoms with Gasteiger partial charge in [-0.1, -0.05) is 19.9 Å². The van der Waals surface area contributed by atoms with E-state index in [0.29, 0.717) is 44.4 Å². The van der Waals surface area contributed by atoms with Crippen molar-refractivity contribution in [3.05, 3.63) is 29.8 Å². The van der Waals surface area contributed by atoms with Gasteiger partial charge in [-0.3, -0.25) is 4.79 Å². The predicted octanol–water partition coefficient (Wildman–Crippen LogP) is 2.70. The lowest BCUT2D eigenvalue weighted by molar-refractivity contribution is -0.181. The highest BCUT2D eigenvalue weighted by Gasteiger charge is 2.40. The van der Waals surface area contributed by atoms with Crippen LogP contribution in [0.25, 0.3) is 0 Å². The second-order valence-corrected chi connectivity index (χ2v) is 6.63. The van der Waals surface area contributed by atoms with Gasteiger partial charge in [-0.2, -0.15) is 0 Å². The molecule has 0 radical (unpaired) electrons. The average Bonchev–Trinajstić information content (AvgIpc) is 3.01. The molecular formula is C18H25NO4. The Kier molecular flexibility index (Phi) is 4.87. The van der Waals surface area contributed by atoms with Crippen molar-refractivity contribution in [3.8, 4) is 5.75 Å². The van der Waals surface area contributed by atoms with E-state index in [-0.39, 0.29) is 5.91 Å². The van der Waals surface area contributed by atoms with Crippen LogP contribution in [-0.2, 0) is 9.47 Å². The van der Waals surface area contributed by atoms with Crippen LogP contribution in [0.2, 0.25) is 0 Å². The van der Waals surface area contributed by atoms with E-state index in [4.69, 9.17) is 14.2 Å². The van der Waals surface area contributed by atoms with Crippen LogP contribution < -0.4 is 4.74 Å². The van der Waals surface area contributed by atoms with E-state index in [1.807, 2.05) is 29.2 Å². The van der Waals surface area contributed by atoms with Gasteiger partial charge in [-0.05, 0) is 24.1 Å². The highest BCUT2D eigenvalue weighted by Crippen LogP contribution is 2.31. The first-order chi connectivity index (χ1) is 11.1. The SMILES string of the molecule is CC(C)COc1cccc(C(=O)N2CCC3(CC2)OCCO3)c1. The third-order valence-corrected chi connectivity index (χ3v) is 4.29. The number of likely N-dealkylation sites (tertiary alicyclic amines) is 1. The third-order valence-electron chi connectivity index (χ3n) is 4.29. The molecule has 1 aromatic rings. The van der Waals surface area contributed by atoms with Crippen molar-refractivity contribution in [1.82, 2.24) is 4.90 Å². The summed E-state index contributed by atoms with van der Waals surface area (Å²) in [5.41, 5.74) is 0.676. The fraction of sp³-hybridized carbons (Fsp3) is 0.611. The highest BCUT2D eigenvalue weighted by atomic mass is 16.7. The zero-order valence-electron chi connectivity index (χ0n) is 13.9. The zero-order chi connectivity index (χ0) is 16.3. The molecule has 126 valence electrons. The number of ether oxygens (including phenoxy) is 3. The van der Waals surface area contributed by atoms with Crippen molar-refractivity contribution < 1.29 is 19.0 Å². The Morgan fingerprint density at radius 2 is 1.96 bits per heavy atom. The van der Waals surface area contributed by atoms with Crippen LogP contribution in [0.1, 0.15) is 37.0 Å². The molecule has 0 saturated carbocycles. The fourth-order valence-electron chi connectivity index (χ4n) is 3.00. The number of carbonyl (C=O) groups excluding carboxylic acids is 1. The van der Waals surface area contributed by atoms with Gasteiger partial charge in [0.2, 0.25) is 0 Å². The Morgan fingerprint density at radius 3 is 2.61 bits per heavy atom. The Hall–Kier alpha value is -1.59. The molecule has 3 rings (SSSR count). The van der Waals surface area contributed by atoms with Gasteiger partial charge >= 0.3 is 0 Å². The summed E-state index contributed by atoms with van der Waals surface area (Å²) in [5, 5.41) is 0. The van der Waals surface area contributed by atoms with Crippen LogP contribution in [-0.4, -0.2) is 49.5 Å². The number of nitrogens with zero attached hydrogens (tertiary/aromatic N) is 1. The van der Waals surface area contributed by atoms with Crippen molar-refractivity contribution in [3.63, 3.8) is 0 Å². The largest absolute Gasteiger partial charge is 0.493 e. The van der Waals surface area contributed by atoms with Crippen LogP contribution in [0.5, 0.6) is 5.75 Å².